The molecule has 0 aromatic carbocycles. The summed E-state index contributed by atoms with van der Waals surface area (Å²) in [5.74, 6) is 0.0851. The molecule has 1 aromatic rings. The molecule has 0 radical (unpaired) electrons. The van der Waals surface area contributed by atoms with Gasteiger partial charge in [0.25, 0.3) is 0 Å². The smallest absolute Gasteiger partial charge is 0.219 e. The maximum absolute atomic E-state index is 11.1. The number of hydrogen-bond donors (Lipinski definition) is 2. The largest absolute Gasteiger partial charge is 0.388 e. The fraction of sp³-hybridized carbons (Fsp3) is 0.615. The highest BCUT2D eigenvalue weighted by Crippen LogP contribution is 2.30. The highest BCUT2D eigenvalue weighted by atomic mass is 16.3. The number of nitrogens with zero attached hydrogens (tertiary/aromatic N) is 1. The average Bonchev–Trinajstić information content (AvgIpc) is 2.73. The van der Waals surface area contributed by atoms with Crippen LogP contribution in [-0.4, -0.2) is 22.6 Å². The SMILES string of the molecule is CNC(=O)CCCn1cc2c(c1)C(O)CCC2. The Bertz CT molecular complexity index is 398. The summed E-state index contributed by atoms with van der Waals surface area (Å²) in [6.45, 7) is 0.840. The lowest BCUT2D eigenvalue weighted by Gasteiger charge is -2.16. The van der Waals surface area contributed by atoms with Crippen LogP contribution >= 0.6 is 0 Å². The van der Waals surface area contributed by atoms with Crippen LogP contribution in [0.1, 0.15) is 42.9 Å². The number of fused-ring (bicyclic) bond motifs is 1. The number of hydrogen-bond acceptors (Lipinski definition) is 2. The molecule has 1 atom stereocenters. The molecule has 0 fully saturated rings. The van der Waals surface area contributed by atoms with Gasteiger partial charge in [0.1, 0.15) is 0 Å². The van der Waals surface area contributed by atoms with Gasteiger partial charge in [0, 0.05) is 38.0 Å². The first kappa shape index (κ1) is 12.2. The van der Waals surface area contributed by atoms with Crippen LogP contribution in [-0.2, 0) is 17.8 Å². The fourth-order valence-electron chi connectivity index (χ4n) is 2.40. The van der Waals surface area contributed by atoms with E-state index in [1.165, 1.54) is 5.56 Å². The van der Waals surface area contributed by atoms with Crippen molar-refractivity contribution < 1.29 is 9.90 Å². The molecule has 0 aliphatic heterocycles. The molecular formula is C13H20N2O2. The standard InChI is InChI=1S/C13H20N2O2/c1-14-13(17)6-3-7-15-8-10-4-2-5-12(16)11(10)9-15/h8-9,12,16H,2-7H2,1H3,(H,14,17). The summed E-state index contributed by atoms with van der Waals surface area (Å²) in [5, 5.41) is 12.5. The number of rotatable bonds is 4. The number of aryl methyl sites for hydroxylation is 2. The molecule has 1 heterocycles. The van der Waals surface area contributed by atoms with Crippen molar-refractivity contribution in [1.29, 1.82) is 0 Å². The lowest BCUT2D eigenvalue weighted by atomic mass is 9.93. The second-order valence-electron chi connectivity index (χ2n) is 4.66. The van der Waals surface area contributed by atoms with Crippen molar-refractivity contribution in [3.05, 3.63) is 23.5 Å². The van der Waals surface area contributed by atoms with Crippen molar-refractivity contribution in [2.45, 2.75) is 44.8 Å². The Morgan fingerprint density at radius 1 is 1.59 bits per heavy atom. The summed E-state index contributed by atoms with van der Waals surface area (Å²) < 4.78 is 2.10. The number of carbonyl (C=O) groups excluding carboxylic acids is 1. The number of aliphatic hydroxyl groups excluding tert-OH is 1. The highest BCUT2D eigenvalue weighted by Gasteiger charge is 2.19. The van der Waals surface area contributed by atoms with E-state index in [4.69, 9.17) is 0 Å². The van der Waals surface area contributed by atoms with Crippen LogP contribution in [0.5, 0.6) is 0 Å². The summed E-state index contributed by atoms with van der Waals surface area (Å²) in [5.41, 5.74) is 2.35. The Labute approximate surface area is 102 Å². The molecule has 17 heavy (non-hydrogen) atoms. The first-order valence-corrected chi connectivity index (χ1v) is 6.28. The van der Waals surface area contributed by atoms with Crippen molar-refractivity contribution in [1.82, 2.24) is 9.88 Å². The zero-order chi connectivity index (χ0) is 12.3. The molecule has 2 rings (SSSR count). The van der Waals surface area contributed by atoms with E-state index in [1.54, 1.807) is 7.05 Å². The number of carbonyl (C=O) groups is 1. The lowest BCUT2D eigenvalue weighted by Crippen LogP contribution is -2.17. The van der Waals surface area contributed by atoms with Crippen LogP contribution in [0.25, 0.3) is 0 Å². The minimum absolute atomic E-state index is 0.0851. The van der Waals surface area contributed by atoms with Crippen molar-refractivity contribution in [3.8, 4) is 0 Å². The Balaban J connectivity index is 1.92. The number of aliphatic hydroxyl groups is 1. The van der Waals surface area contributed by atoms with Gasteiger partial charge in [0.05, 0.1) is 6.10 Å². The Morgan fingerprint density at radius 3 is 3.12 bits per heavy atom. The van der Waals surface area contributed by atoms with Gasteiger partial charge >= 0.3 is 0 Å². The molecule has 1 aromatic heterocycles. The van der Waals surface area contributed by atoms with Gasteiger partial charge in [-0.3, -0.25) is 4.79 Å². The lowest BCUT2D eigenvalue weighted by molar-refractivity contribution is -0.120. The van der Waals surface area contributed by atoms with Gasteiger partial charge in [-0.2, -0.15) is 0 Å². The Morgan fingerprint density at radius 2 is 2.41 bits per heavy atom. The first-order chi connectivity index (χ1) is 8.20. The van der Waals surface area contributed by atoms with Crippen molar-refractivity contribution in [2.75, 3.05) is 7.05 Å². The van der Waals surface area contributed by atoms with Gasteiger partial charge in [-0.1, -0.05) is 0 Å². The van der Waals surface area contributed by atoms with E-state index in [0.717, 1.165) is 37.8 Å². The van der Waals surface area contributed by atoms with Gasteiger partial charge < -0.3 is 15.0 Å². The van der Waals surface area contributed by atoms with Gasteiger partial charge in [-0.15, -0.1) is 0 Å². The third kappa shape index (κ3) is 2.88. The Hall–Kier alpha value is -1.29. The number of aromatic nitrogens is 1. The first-order valence-electron chi connectivity index (χ1n) is 6.28. The second kappa shape index (κ2) is 5.36. The molecule has 0 spiro atoms. The topological polar surface area (TPSA) is 54.3 Å². The minimum Gasteiger partial charge on any atom is -0.388 e. The zero-order valence-electron chi connectivity index (χ0n) is 10.3. The molecule has 94 valence electrons. The third-order valence-electron chi connectivity index (χ3n) is 3.38. The summed E-state index contributed by atoms with van der Waals surface area (Å²) in [4.78, 5) is 11.1. The average molecular weight is 236 g/mol. The maximum atomic E-state index is 11.1. The second-order valence-corrected chi connectivity index (χ2v) is 4.66. The minimum atomic E-state index is -0.293. The van der Waals surface area contributed by atoms with Crippen LogP contribution in [0.2, 0.25) is 0 Å². The molecule has 1 aliphatic rings. The van der Waals surface area contributed by atoms with E-state index < -0.39 is 0 Å². The molecule has 0 saturated carbocycles. The molecule has 2 N–H and O–H groups in total. The Kier molecular flexibility index (Phi) is 3.84. The molecule has 0 bridgehead atoms. The molecule has 1 amide bonds. The molecular weight excluding hydrogens is 216 g/mol. The van der Waals surface area contributed by atoms with Crippen molar-refractivity contribution in [3.63, 3.8) is 0 Å². The quantitative estimate of drug-likeness (QED) is 0.830. The zero-order valence-corrected chi connectivity index (χ0v) is 10.3. The van der Waals surface area contributed by atoms with Crippen LogP contribution in [0.3, 0.4) is 0 Å². The van der Waals surface area contributed by atoms with E-state index in [2.05, 4.69) is 16.1 Å². The maximum Gasteiger partial charge on any atom is 0.219 e. The van der Waals surface area contributed by atoms with Crippen molar-refractivity contribution >= 4 is 5.91 Å². The van der Waals surface area contributed by atoms with Gasteiger partial charge in [-0.05, 0) is 31.2 Å². The summed E-state index contributed by atoms with van der Waals surface area (Å²) in [6, 6.07) is 0. The van der Waals surface area contributed by atoms with E-state index in [9.17, 15) is 9.90 Å². The van der Waals surface area contributed by atoms with Crippen molar-refractivity contribution in [2.24, 2.45) is 0 Å². The molecule has 0 saturated heterocycles. The number of amides is 1. The van der Waals surface area contributed by atoms with Crippen LogP contribution in [0.4, 0.5) is 0 Å². The summed E-state index contributed by atoms with van der Waals surface area (Å²) in [6.07, 6.45) is 8.25. The molecule has 1 unspecified atom stereocenters. The van der Waals surface area contributed by atoms with E-state index >= 15 is 0 Å². The summed E-state index contributed by atoms with van der Waals surface area (Å²) >= 11 is 0. The van der Waals surface area contributed by atoms with Crippen LogP contribution in [0, 0.1) is 0 Å². The van der Waals surface area contributed by atoms with Gasteiger partial charge in [0.15, 0.2) is 0 Å². The normalized spacial score (nSPS) is 18.8. The number of nitrogens with one attached hydrogen (secondary N) is 1. The van der Waals surface area contributed by atoms with Gasteiger partial charge in [0.2, 0.25) is 5.91 Å². The fourth-order valence-corrected chi connectivity index (χ4v) is 2.40. The molecule has 1 aliphatic carbocycles. The predicted molar refractivity (Wildman–Crippen MR) is 65.6 cm³/mol. The monoisotopic (exact) mass is 236 g/mol. The predicted octanol–water partition coefficient (Wildman–Crippen LogP) is 1.38. The van der Waals surface area contributed by atoms with E-state index in [-0.39, 0.29) is 12.0 Å². The van der Waals surface area contributed by atoms with Crippen LogP contribution in [0.15, 0.2) is 12.4 Å². The highest BCUT2D eigenvalue weighted by molar-refractivity contribution is 5.75. The molecule has 4 heteroatoms. The van der Waals surface area contributed by atoms with Gasteiger partial charge in [-0.25, -0.2) is 0 Å². The molecule has 4 nitrogen and oxygen atoms in total. The van der Waals surface area contributed by atoms with Crippen LogP contribution < -0.4 is 5.32 Å². The third-order valence-corrected chi connectivity index (χ3v) is 3.38. The van der Waals surface area contributed by atoms with E-state index in [0.29, 0.717) is 6.42 Å². The summed E-state index contributed by atoms with van der Waals surface area (Å²) in [7, 11) is 1.66. The van der Waals surface area contributed by atoms with E-state index in [1.807, 2.05) is 6.20 Å².